The molecule has 7 heteroatoms. The van der Waals surface area contributed by atoms with Crippen LogP contribution in [0.15, 0.2) is 60.7 Å². The lowest BCUT2D eigenvalue weighted by Crippen LogP contribution is -2.44. The van der Waals surface area contributed by atoms with E-state index < -0.39 is 11.8 Å². The van der Waals surface area contributed by atoms with Gasteiger partial charge in [-0.25, -0.2) is 0 Å². The predicted octanol–water partition coefficient (Wildman–Crippen LogP) is 2.73. The number of hydrazine groups is 1. The van der Waals surface area contributed by atoms with E-state index in [0.717, 1.165) is 16.5 Å². The van der Waals surface area contributed by atoms with Crippen molar-refractivity contribution in [3.63, 3.8) is 0 Å². The lowest BCUT2D eigenvalue weighted by atomic mass is 10.1. The number of fused-ring (bicyclic) bond motifs is 1. The van der Waals surface area contributed by atoms with Gasteiger partial charge in [0.25, 0.3) is 11.8 Å². The van der Waals surface area contributed by atoms with Gasteiger partial charge >= 0.3 is 0 Å². The number of methoxy groups -OCH3 is 2. The van der Waals surface area contributed by atoms with Gasteiger partial charge in [0, 0.05) is 11.8 Å². The van der Waals surface area contributed by atoms with E-state index in [1.807, 2.05) is 42.5 Å². The largest absolute Gasteiger partial charge is 0.497 e. The molecule has 2 amide bonds. The van der Waals surface area contributed by atoms with Crippen molar-refractivity contribution in [3.8, 4) is 11.5 Å². The number of rotatable bonds is 6. The van der Waals surface area contributed by atoms with E-state index in [-0.39, 0.29) is 6.54 Å². The van der Waals surface area contributed by atoms with Crippen LogP contribution in [0.3, 0.4) is 0 Å². The van der Waals surface area contributed by atoms with Crippen molar-refractivity contribution in [1.29, 1.82) is 0 Å². The molecule has 0 aliphatic rings. The van der Waals surface area contributed by atoms with Gasteiger partial charge in [-0.05, 0) is 35.0 Å². The van der Waals surface area contributed by atoms with Gasteiger partial charge < -0.3 is 14.8 Å². The Balaban J connectivity index is 1.60. The van der Waals surface area contributed by atoms with Crippen LogP contribution in [0.25, 0.3) is 10.8 Å². The van der Waals surface area contributed by atoms with Crippen LogP contribution < -0.4 is 25.6 Å². The topological polar surface area (TPSA) is 88.7 Å². The van der Waals surface area contributed by atoms with Crippen LogP contribution in [0, 0.1) is 0 Å². The van der Waals surface area contributed by atoms with Gasteiger partial charge in [-0.15, -0.1) is 0 Å². The predicted molar refractivity (Wildman–Crippen MR) is 108 cm³/mol. The first-order valence-electron chi connectivity index (χ1n) is 8.64. The minimum absolute atomic E-state index is 0.0116. The SMILES string of the molecule is COc1cccc(NCC(=O)NNC(=O)c2cc3ccccc3cc2OC)c1. The van der Waals surface area contributed by atoms with E-state index in [4.69, 9.17) is 9.47 Å². The lowest BCUT2D eigenvalue weighted by molar-refractivity contribution is -0.120. The molecule has 3 aromatic rings. The minimum Gasteiger partial charge on any atom is -0.497 e. The van der Waals surface area contributed by atoms with E-state index in [2.05, 4.69) is 16.2 Å². The quantitative estimate of drug-likeness (QED) is 0.573. The summed E-state index contributed by atoms with van der Waals surface area (Å²) in [6.07, 6.45) is 0. The molecule has 144 valence electrons. The van der Waals surface area contributed by atoms with Crippen molar-refractivity contribution < 1.29 is 19.1 Å². The fourth-order valence-electron chi connectivity index (χ4n) is 2.72. The molecular formula is C21H21N3O4. The number of hydrogen-bond acceptors (Lipinski definition) is 5. The van der Waals surface area contributed by atoms with Crippen LogP contribution in [-0.4, -0.2) is 32.6 Å². The van der Waals surface area contributed by atoms with Gasteiger partial charge in [0.1, 0.15) is 11.5 Å². The standard InChI is InChI=1S/C21H21N3O4/c1-27-17-9-5-8-16(12-17)22-13-20(25)23-24-21(26)18-10-14-6-3-4-7-15(14)11-19(18)28-2/h3-12,22H,13H2,1-2H3,(H,23,25)(H,24,26). The third-order valence-corrected chi connectivity index (χ3v) is 4.15. The van der Waals surface area contributed by atoms with Crippen LogP contribution in [-0.2, 0) is 4.79 Å². The Labute approximate surface area is 162 Å². The maximum absolute atomic E-state index is 12.5. The summed E-state index contributed by atoms with van der Waals surface area (Å²) in [6.45, 7) is -0.0116. The summed E-state index contributed by atoms with van der Waals surface area (Å²) in [5.41, 5.74) is 5.87. The normalized spacial score (nSPS) is 10.2. The molecule has 0 spiro atoms. The van der Waals surface area contributed by atoms with Crippen molar-refractivity contribution >= 4 is 28.3 Å². The lowest BCUT2D eigenvalue weighted by Gasteiger charge is -2.12. The molecule has 3 N–H and O–H groups in total. The second-order valence-electron chi connectivity index (χ2n) is 5.99. The average molecular weight is 379 g/mol. The Kier molecular flexibility index (Phi) is 5.96. The Bertz CT molecular complexity index is 1000. The first kappa shape index (κ1) is 19.0. The summed E-state index contributed by atoms with van der Waals surface area (Å²) >= 11 is 0. The van der Waals surface area contributed by atoms with E-state index in [9.17, 15) is 9.59 Å². The fraction of sp³-hybridized carbons (Fsp3) is 0.143. The van der Waals surface area contributed by atoms with Crippen LogP contribution >= 0.6 is 0 Å². The first-order valence-corrected chi connectivity index (χ1v) is 8.64. The van der Waals surface area contributed by atoms with Crippen molar-refractivity contribution in [2.45, 2.75) is 0 Å². The van der Waals surface area contributed by atoms with Crippen LogP contribution in [0.2, 0.25) is 0 Å². The van der Waals surface area contributed by atoms with Gasteiger partial charge in [0.15, 0.2) is 0 Å². The van der Waals surface area contributed by atoms with Crippen LogP contribution in [0.5, 0.6) is 11.5 Å². The maximum Gasteiger partial charge on any atom is 0.273 e. The average Bonchev–Trinajstić information content (AvgIpc) is 2.75. The Morgan fingerprint density at radius 2 is 1.61 bits per heavy atom. The molecule has 0 heterocycles. The number of nitrogens with one attached hydrogen (secondary N) is 3. The van der Waals surface area contributed by atoms with Crippen molar-refractivity contribution in [3.05, 3.63) is 66.2 Å². The van der Waals surface area contributed by atoms with Crippen molar-refractivity contribution in [2.75, 3.05) is 26.1 Å². The molecule has 0 saturated heterocycles. The first-order chi connectivity index (χ1) is 13.6. The number of carbonyl (C=O) groups excluding carboxylic acids is 2. The van der Waals surface area contributed by atoms with E-state index in [1.165, 1.54) is 7.11 Å². The number of anilines is 1. The van der Waals surface area contributed by atoms with Gasteiger partial charge in [0.05, 0.1) is 26.3 Å². The Morgan fingerprint density at radius 3 is 2.32 bits per heavy atom. The molecule has 0 unspecified atom stereocenters. The van der Waals surface area contributed by atoms with E-state index >= 15 is 0 Å². The highest BCUT2D eigenvalue weighted by Gasteiger charge is 2.14. The summed E-state index contributed by atoms with van der Waals surface area (Å²) in [5.74, 6) is 0.260. The zero-order valence-electron chi connectivity index (χ0n) is 15.6. The Hall–Kier alpha value is -3.74. The number of carbonyl (C=O) groups is 2. The molecule has 0 aliphatic heterocycles. The molecule has 0 atom stereocenters. The summed E-state index contributed by atoms with van der Waals surface area (Å²) in [4.78, 5) is 24.5. The molecule has 0 fully saturated rings. The second-order valence-corrected chi connectivity index (χ2v) is 5.99. The number of hydrogen-bond donors (Lipinski definition) is 3. The Morgan fingerprint density at radius 1 is 0.857 bits per heavy atom. The molecule has 0 radical (unpaired) electrons. The van der Waals surface area contributed by atoms with Gasteiger partial charge in [-0.3, -0.25) is 20.4 Å². The highest BCUT2D eigenvalue weighted by atomic mass is 16.5. The van der Waals surface area contributed by atoms with Crippen LogP contribution in [0.1, 0.15) is 10.4 Å². The smallest absolute Gasteiger partial charge is 0.273 e. The second kappa shape index (κ2) is 8.77. The minimum atomic E-state index is -0.461. The summed E-state index contributed by atoms with van der Waals surface area (Å²) < 4.78 is 10.4. The van der Waals surface area contributed by atoms with E-state index in [0.29, 0.717) is 17.1 Å². The third kappa shape index (κ3) is 4.50. The molecule has 7 nitrogen and oxygen atoms in total. The zero-order chi connectivity index (χ0) is 19.9. The third-order valence-electron chi connectivity index (χ3n) is 4.15. The summed E-state index contributed by atoms with van der Waals surface area (Å²) in [6, 6.07) is 18.4. The molecule has 28 heavy (non-hydrogen) atoms. The van der Waals surface area contributed by atoms with E-state index in [1.54, 1.807) is 25.3 Å². The molecule has 3 rings (SSSR count). The molecule has 0 saturated carbocycles. The zero-order valence-corrected chi connectivity index (χ0v) is 15.6. The maximum atomic E-state index is 12.5. The van der Waals surface area contributed by atoms with Crippen molar-refractivity contribution in [2.24, 2.45) is 0 Å². The molecule has 0 bridgehead atoms. The fourth-order valence-corrected chi connectivity index (χ4v) is 2.72. The van der Waals surface area contributed by atoms with Crippen LogP contribution in [0.4, 0.5) is 5.69 Å². The highest BCUT2D eigenvalue weighted by Crippen LogP contribution is 2.25. The number of benzene rings is 3. The van der Waals surface area contributed by atoms with Crippen molar-refractivity contribution in [1.82, 2.24) is 10.9 Å². The number of ether oxygens (including phenoxy) is 2. The molecule has 3 aromatic carbocycles. The molecule has 0 aromatic heterocycles. The molecule has 0 aliphatic carbocycles. The van der Waals surface area contributed by atoms with Gasteiger partial charge in [-0.2, -0.15) is 0 Å². The summed E-state index contributed by atoms with van der Waals surface area (Å²) in [5, 5.41) is 4.82. The molecular weight excluding hydrogens is 358 g/mol. The number of amides is 2. The summed E-state index contributed by atoms with van der Waals surface area (Å²) in [7, 11) is 3.07. The highest BCUT2D eigenvalue weighted by molar-refractivity contribution is 6.02. The van der Waals surface area contributed by atoms with Gasteiger partial charge in [0.2, 0.25) is 0 Å². The van der Waals surface area contributed by atoms with Gasteiger partial charge in [-0.1, -0.05) is 30.3 Å². The monoisotopic (exact) mass is 379 g/mol.